The third kappa shape index (κ3) is 4.69. The standard InChI is InChI=1S/C9H8N2.H2O4S/c10-9-6-5-7-3-1-2-4-8(7)11-9;1-5(2,3)4/h1-6H,(H2,10,11);(H2,1,2,3,4). The molecule has 0 aliphatic heterocycles. The number of pyridine rings is 1. The van der Waals surface area contributed by atoms with Gasteiger partial charge >= 0.3 is 10.4 Å². The summed E-state index contributed by atoms with van der Waals surface area (Å²) in [6.45, 7) is 0. The molecule has 16 heavy (non-hydrogen) atoms. The normalized spacial score (nSPS) is 10.6. The molecule has 2 rings (SSSR count). The fourth-order valence-electron chi connectivity index (χ4n) is 1.08. The van der Waals surface area contributed by atoms with Crippen LogP contribution in [0.25, 0.3) is 10.9 Å². The summed E-state index contributed by atoms with van der Waals surface area (Å²) >= 11 is 0. The van der Waals surface area contributed by atoms with Crippen molar-refractivity contribution in [1.82, 2.24) is 4.98 Å². The Morgan fingerprint density at radius 2 is 1.62 bits per heavy atom. The zero-order valence-corrected chi connectivity index (χ0v) is 8.92. The van der Waals surface area contributed by atoms with Crippen molar-refractivity contribution in [3.8, 4) is 0 Å². The molecule has 0 atom stereocenters. The molecule has 1 aromatic carbocycles. The van der Waals surface area contributed by atoms with Crippen LogP contribution >= 0.6 is 0 Å². The molecule has 1 aromatic heterocycles. The number of hydrogen-bond donors (Lipinski definition) is 3. The number of benzene rings is 1. The maximum Gasteiger partial charge on any atom is 0.394 e. The van der Waals surface area contributed by atoms with Gasteiger partial charge in [0.15, 0.2) is 0 Å². The fourth-order valence-corrected chi connectivity index (χ4v) is 1.08. The zero-order valence-electron chi connectivity index (χ0n) is 8.11. The van der Waals surface area contributed by atoms with Gasteiger partial charge in [0.25, 0.3) is 0 Å². The minimum Gasteiger partial charge on any atom is -0.384 e. The second-order valence-electron chi connectivity index (χ2n) is 2.88. The highest BCUT2D eigenvalue weighted by atomic mass is 32.3. The third-order valence-corrected chi connectivity index (χ3v) is 1.62. The average Bonchev–Trinajstić information content (AvgIpc) is 2.15. The van der Waals surface area contributed by atoms with Gasteiger partial charge in [0.05, 0.1) is 5.52 Å². The summed E-state index contributed by atoms with van der Waals surface area (Å²) in [6, 6.07) is 11.7. The van der Waals surface area contributed by atoms with E-state index in [9.17, 15) is 0 Å². The lowest BCUT2D eigenvalue weighted by molar-refractivity contribution is 0.381. The maximum atomic E-state index is 8.74. The molecule has 0 bridgehead atoms. The number of aromatic nitrogens is 1. The Labute approximate surface area is 92.3 Å². The molecule has 1 heterocycles. The van der Waals surface area contributed by atoms with Gasteiger partial charge in [-0.15, -0.1) is 0 Å². The fraction of sp³-hybridized carbons (Fsp3) is 0. The number of fused-ring (bicyclic) bond motifs is 1. The SMILES string of the molecule is Nc1ccc2ccccc2n1.O=S(=O)(O)O. The molecular weight excluding hydrogens is 232 g/mol. The topological polar surface area (TPSA) is 114 Å². The van der Waals surface area contributed by atoms with E-state index in [0.717, 1.165) is 10.9 Å². The van der Waals surface area contributed by atoms with E-state index in [-0.39, 0.29) is 0 Å². The predicted octanol–water partition coefficient (Wildman–Crippen LogP) is 1.16. The van der Waals surface area contributed by atoms with Crippen LogP contribution in [0, 0.1) is 0 Å². The first-order valence-electron chi connectivity index (χ1n) is 4.17. The molecule has 2 aromatic rings. The first-order valence-corrected chi connectivity index (χ1v) is 5.57. The van der Waals surface area contributed by atoms with Crippen LogP contribution in [0.2, 0.25) is 0 Å². The molecule has 86 valence electrons. The Morgan fingerprint density at radius 1 is 1.06 bits per heavy atom. The van der Waals surface area contributed by atoms with Crippen LogP contribution in [0.1, 0.15) is 0 Å². The lowest BCUT2D eigenvalue weighted by Crippen LogP contribution is -1.89. The van der Waals surface area contributed by atoms with Crippen molar-refractivity contribution in [3.05, 3.63) is 36.4 Å². The highest BCUT2D eigenvalue weighted by Crippen LogP contribution is 2.11. The molecular formula is C9H10N2O4S. The summed E-state index contributed by atoms with van der Waals surface area (Å²) in [6.07, 6.45) is 0. The van der Waals surface area contributed by atoms with Gasteiger partial charge in [-0.1, -0.05) is 18.2 Å². The Hall–Kier alpha value is -1.70. The Morgan fingerprint density at radius 3 is 2.25 bits per heavy atom. The molecule has 0 aliphatic carbocycles. The van der Waals surface area contributed by atoms with Gasteiger partial charge in [0.2, 0.25) is 0 Å². The summed E-state index contributed by atoms with van der Waals surface area (Å²) in [5.74, 6) is 0.573. The maximum absolute atomic E-state index is 8.74. The van der Waals surface area contributed by atoms with Crippen LogP contribution in [-0.4, -0.2) is 22.5 Å². The summed E-state index contributed by atoms with van der Waals surface area (Å²) in [7, 11) is -4.67. The highest BCUT2D eigenvalue weighted by Gasteiger charge is 1.91. The van der Waals surface area contributed by atoms with Crippen molar-refractivity contribution in [1.29, 1.82) is 0 Å². The molecule has 0 radical (unpaired) electrons. The second kappa shape index (κ2) is 4.88. The van der Waals surface area contributed by atoms with Crippen molar-refractivity contribution < 1.29 is 17.5 Å². The molecule has 0 unspecified atom stereocenters. The summed E-state index contributed by atoms with van der Waals surface area (Å²) in [4.78, 5) is 4.15. The minimum absolute atomic E-state index is 0.573. The third-order valence-electron chi connectivity index (χ3n) is 1.62. The van der Waals surface area contributed by atoms with E-state index >= 15 is 0 Å². The molecule has 0 spiro atoms. The molecule has 7 heteroatoms. The summed E-state index contributed by atoms with van der Waals surface area (Å²) < 4.78 is 31.6. The summed E-state index contributed by atoms with van der Waals surface area (Å²) in [5.41, 5.74) is 6.46. The van der Waals surface area contributed by atoms with Crippen LogP contribution in [0.3, 0.4) is 0 Å². The van der Waals surface area contributed by atoms with E-state index in [1.807, 2.05) is 36.4 Å². The van der Waals surface area contributed by atoms with Crippen LogP contribution in [0.15, 0.2) is 36.4 Å². The zero-order chi connectivity index (χ0) is 12.2. The number of para-hydroxylation sites is 1. The van der Waals surface area contributed by atoms with Gasteiger partial charge in [-0.05, 0) is 18.2 Å². The van der Waals surface area contributed by atoms with E-state index < -0.39 is 10.4 Å². The molecule has 0 saturated carbocycles. The Kier molecular flexibility index (Phi) is 3.78. The van der Waals surface area contributed by atoms with E-state index in [2.05, 4.69) is 4.98 Å². The quantitative estimate of drug-likeness (QED) is 0.597. The number of nitrogens with two attached hydrogens (primary N) is 1. The Bertz CT molecular complexity index is 575. The van der Waals surface area contributed by atoms with Gasteiger partial charge in [-0.25, -0.2) is 4.98 Å². The number of anilines is 1. The first-order chi connectivity index (χ1) is 7.36. The largest absolute Gasteiger partial charge is 0.394 e. The van der Waals surface area contributed by atoms with Gasteiger partial charge in [0.1, 0.15) is 5.82 Å². The van der Waals surface area contributed by atoms with E-state index in [0.29, 0.717) is 5.82 Å². The van der Waals surface area contributed by atoms with Crippen LogP contribution in [0.4, 0.5) is 5.82 Å². The lowest BCUT2D eigenvalue weighted by atomic mass is 10.2. The van der Waals surface area contributed by atoms with Crippen molar-refractivity contribution in [2.75, 3.05) is 5.73 Å². The average molecular weight is 242 g/mol. The highest BCUT2D eigenvalue weighted by molar-refractivity contribution is 7.79. The molecule has 4 N–H and O–H groups in total. The van der Waals surface area contributed by atoms with Crippen LogP contribution < -0.4 is 5.73 Å². The van der Waals surface area contributed by atoms with Crippen LogP contribution in [0.5, 0.6) is 0 Å². The van der Waals surface area contributed by atoms with Crippen molar-refractivity contribution in [2.24, 2.45) is 0 Å². The predicted molar refractivity (Wildman–Crippen MR) is 60.3 cm³/mol. The molecule has 6 nitrogen and oxygen atoms in total. The Balaban J connectivity index is 0.000000221. The molecule has 0 amide bonds. The van der Waals surface area contributed by atoms with Crippen molar-refractivity contribution in [2.45, 2.75) is 0 Å². The number of rotatable bonds is 0. The minimum atomic E-state index is -4.67. The molecule has 0 saturated heterocycles. The van der Waals surface area contributed by atoms with E-state index in [4.69, 9.17) is 23.3 Å². The van der Waals surface area contributed by atoms with E-state index in [1.165, 1.54) is 0 Å². The number of nitrogen functional groups attached to an aromatic ring is 1. The van der Waals surface area contributed by atoms with Gasteiger partial charge < -0.3 is 5.73 Å². The van der Waals surface area contributed by atoms with Crippen molar-refractivity contribution in [3.63, 3.8) is 0 Å². The monoisotopic (exact) mass is 242 g/mol. The summed E-state index contributed by atoms with van der Waals surface area (Å²) in [5, 5.41) is 1.13. The molecule has 0 aliphatic rings. The van der Waals surface area contributed by atoms with Gasteiger partial charge in [0, 0.05) is 5.39 Å². The van der Waals surface area contributed by atoms with Crippen LogP contribution in [-0.2, 0) is 10.4 Å². The van der Waals surface area contributed by atoms with Gasteiger partial charge in [-0.2, -0.15) is 8.42 Å². The molecule has 0 fully saturated rings. The lowest BCUT2D eigenvalue weighted by Gasteiger charge is -1.95. The first kappa shape index (κ1) is 12.4. The van der Waals surface area contributed by atoms with Gasteiger partial charge in [-0.3, -0.25) is 9.11 Å². The smallest absolute Gasteiger partial charge is 0.384 e. The van der Waals surface area contributed by atoms with E-state index in [1.54, 1.807) is 0 Å². The second-order valence-corrected chi connectivity index (χ2v) is 3.77. The number of nitrogens with zero attached hydrogens (tertiary/aromatic N) is 1. The van der Waals surface area contributed by atoms with Crippen molar-refractivity contribution >= 4 is 27.1 Å². The number of hydrogen-bond acceptors (Lipinski definition) is 4.